The Morgan fingerprint density at radius 2 is 1.14 bits per heavy atom. The molecule has 0 heterocycles. The summed E-state index contributed by atoms with van der Waals surface area (Å²) >= 11 is 0. The van der Waals surface area contributed by atoms with Gasteiger partial charge < -0.3 is 4.74 Å². The molecule has 1 nitrogen and oxygen atoms in total. The van der Waals surface area contributed by atoms with E-state index in [1.54, 1.807) is 0 Å². The molecule has 0 bridgehead atoms. The average Bonchev–Trinajstić information content (AvgIpc) is 2.75. The summed E-state index contributed by atoms with van der Waals surface area (Å²) in [6, 6.07) is 26.1. The first-order valence-corrected chi connectivity index (χ1v) is 9.92. The quantitative estimate of drug-likeness (QED) is 0.286. The van der Waals surface area contributed by atoms with Crippen molar-refractivity contribution in [1.29, 1.82) is 0 Å². The molecule has 3 aromatic carbocycles. The molecule has 3 aromatic rings. The van der Waals surface area contributed by atoms with Crippen LogP contribution >= 0.6 is 0 Å². The van der Waals surface area contributed by atoms with Crippen molar-refractivity contribution in [2.75, 3.05) is 6.61 Å². The molecule has 0 saturated carbocycles. The van der Waals surface area contributed by atoms with Gasteiger partial charge in [0.05, 0.1) is 13.2 Å². The number of allylic oxidation sites excluding steroid dienone is 2. The molecule has 0 aliphatic heterocycles. The summed E-state index contributed by atoms with van der Waals surface area (Å²) in [6.07, 6.45) is 8.10. The lowest BCUT2D eigenvalue weighted by atomic mass is 9.99. The van der Waals surface area contributed by atoms with Crippen LogP contribution in [0.3, 0.4) is 0 Å². The zero-order valence-electron chi connectivity index (χ0n) is 16.6. The van der Waals surface area contributed by atoms with Crippen LogP contribution in [0.4, 0.5) is 0 Å². The fourth-order valence-electron chi connectivity index (χ4n) is 3.13. The van der Waals surface area contributed by atoms with Crippen LogP contribution in [-0.4, -0.2) is 6.61 Å². The summed E-state index contributed by atoms with van der Waals surface area (Å²) in [6.45, 7) is 7.24. The second-order valence-electron chi connectivity index (χ2n) is 6.86. The van der Waals surface area contributed by atoms with E-state index in [9.17, 15) is 0 Å². The van der Waals surface area contributed by atoms with E-state index < -0.39 is 0 Å². The number of benzene rings is 3. The highest BCUT2D eigenvalue weighted by atomic mass is 16.5. The third-order valence-electron chi connectivity index (χ3n) is 4.72. The van der Waals surface area contributed by atoms with Crippen LogP contribution < -0.4 is 0 Å². The highest BCUT2D eigenvalue weighted by Crippen LogP contribution is 2.25. The van der Waals surface area contributed by atoms with Crippen LogP contribution in [0.15, 0.2) is 97.6 Å². The Morgan fingerprint density at radius 3 is 1.61 bits per heavy atom. The second kappa shape index (κ2) is 10.4. The van der Waals surface area contributed by atoms with Crippen molar-refractivity contribution in [3.8, 4) is 22.3 Å². The zero-order valence-corrected chi connectivity index (χ0v) is 16.6. The summed E-state index contributed by atoms with van der Waals surface area (Å²) in [5.41, 5.74) is 7.42. The van der Waals surface area contributed by atoms with Gasteiger partial charge in [0.2, 0.25) is 0 Å². The Morgan fingerprint density at radius 1 is 0.679 bits per heavy atom. The van der Waals surface area contributed by atoms with Gasteiger partial charge in [-0.05, 0) is 46.2 Å². The van der Waals surface area contributed by atoms with Crippen LogP contribution in [0.1, 0.15) is 24.5 Å². The Labute approximate surface area is 169 Å². The molecule has 0 fully saturated rings. The van der Waals surface area contributed by atoms with Crippen LogP contribution in [0.5, 0.6) is 0 Å². The predicted octanol–water partition coefficient (Wildman–Crippen LogP) is 7.23. The molecule has 0 unspecified atom stereocenters. The molecule has 0 atom stereocenters. The van der Waals surface area contributed by atoms with Crippen molar-refractivity contribution in [3.05, 3.63) is 109 Å². The molecule has 1 heteroatoms. The molecule has 0 aliphatic carbocycles. The maximum atomic E-state index is 5.66. The van der Waals surface area contributed by atoms with Crippen LogP contribution in [0.2, 0.25) is 0 Å². The lowest BCUT2D eigenvalue weighted by Gasteiger charge is -2.07. The lowest BCUT2D eigenvalue weighted by molar-refractivity contribution is 0.148. The Hall–Kier alpha value is -2.90. The SMILES string of the molecule is C=CCc1ccc(-c2ccc(-c3ccc(COC/C=C/CC)cc3)cc2)cc1. The van der Waals surface area contributed by atoms with E-state index in [2.05, 4.69) is 98.5 Å². The van der Waals surface area contributed by atoms with Gasteiger partial charge in [0.1, 0.15) is 0 Å². The minimum absolute atomic E-state index is 0.648. The third-order valence-corrected chi connectivity index (χ3v) is 4.72. The van der Waals surface area contributed by atoms with E-state index in [0.717, 1.165) is 12.8 Å². The summed E-state index contributed by atoms with van der Waals surface area (Å²) in [7, 11) is 0. The molecule has 0 radical (unpaired) electrons. The number of hydrogen-bond acceptors (Lipinski definition) is 1. The fourth-order valence-corrected chi connectivity index (χ4v) is 3.13. The highest BCUT2D eigenvalue weighted by Gasteiger charge is 2.02. The van der Waals surface area contributed by atoms with Gasteiger partial charge in [-0.25, -0.2) is 0 Å². The van der Waals surface area contributed by atoms with E-state index in [1.807, 2.05) is 6.08 Å². The van der Waals surface area contributed by atoms with Gasteiger partial charge in [-0.1, -0.05) is 97.9 Å². The van der Waals surface area contributed by atoms with Crippen LogP contribution in [0.25, 0.3) is 22.3 Å². The molecule has 0 aliphatic rings. The van der Waals surface area contributed by atoms with Crippen molar-refractivity contribution in [1.82, 2.24) is 0 Å². The molecular weight excluding hydrogens is 340 g/mol. The summed E-state index contributed by atoms with van der Waals surface area (Å²) in [5.74, 6) is 0. The van der Waals surface area contributed by atoms with Crippen molar-refractivity contribution in [3.63, 3.8) is 0 Å². The average molecular weight is 369 g/mol. The fraction of sp³-hybridized carbons (Fsp3) is 0.185. The van der Waals surface area contributed by atoms with Crippen LogP contribution in [0, 0.1) is 0 Å². The summed E-state index contributed by atoms with van der Waals surface area (Å²) < 4.78 is 5.66. The van der Waals surface area contributed by atoms with Gasteiger partial charge in [0.25, 0.3) is 0 Å². The molecule has 3 rings (SSSR count). The molecule has 0 aromatic heterocycles. The first-order chi connectivity index (χ1) is 13.8. The lowest BCUT2D eigenvalue weighted by Crippen LogP contribution is -1.92. The second-order valence-corrected chi connectivity index (χ2v) is 6.86. The normalized spacial score (nSPS) is 11.0. The molecule has 0 amide bonds. The van der Waals surface area contributed by atoms with Crippen LogP contribution in [-0.2, 0) is 17.8 Å². The summed E-state index contributed by atoms with van der Waals surface area (Å²) in [4.78, 5) is 0. The third kappa shape index (κ3) is 5.55. The molecule has 28 heavy (non-hydrogen) atoms. The monoisotopic (exact) mass is 368 g/mol. The molecular formula is C27H28O. The van der Waals surface area contributed by atoms with Gasteiger partial charge in [-0.15, -0.1) is 6.58 Å². The smallest absolute Gasteiger partial charge is 0.0721 e. The van der Waals surface area contributed by atoms with Crippen molar-refractivity contribution >= 4 is 0 Å². The largest absolute Gasteiger partial charge is 0.373 e. The van der Waals surface area contributed by atoms with Crippen molar-refractivity contribution < 1.29 is 4.74 Å². The number of hydrogen-bond donors (Lipinski definition) is 0. The maximum Gasteiger partial charge on any atom is 0.0721 e. The van der Waals surface area contributed by atoms with E-state index in [0.29, 0.717) is 13.2 Å². The van der Waals surface area contributed by atoms with E-state index in [4.69, 9.17) is 4.74 Å². The Balaban J connectivity index is 1.62. The van der Waals surface area contributed by atoms with Crippen molar-refractivity contribution in [2.24, 2.45) is 0 Å². The van der Waals surface area contributed by atoms with Crippen molar-refractivity contribution in [2.45, 2.75) is 26.4 Å². The minimum atomic E-state index is 0.648. The zero-order chi connectivity index (χ0) is 19.6. The maximum absolute atomic E-state index is 5.66. The topological polar surface area (TPSA) is 9.23 Å². The predicted molar refractivity (Wildman–Crippen MR) is 120 cm³/mol. The van der Waals surface area contributed by atoms with E-state index in [-0.39, 0.29) is 0 Å². The standard InChI is InChI=1S/C27H28O/c1-3-5-6-20-28-21-23-10-14-25(15-11-23)27-18-16-26(17-19-27)24-12-8-22(7-4-2)9-13-24/h4-6,8-19H,2-3,7,20-21H2,1H3/b6-5+. The number of rotatable bonds is 9. The molecule has 142 valence electrons. The Kier molecular flexibility index (Phi) is 7.40. The summed E-state index contributed by atoms with van der Waals surface area (Å²) in [5, 5.41) is 0. The molecule has 0 spiro atoms. The first-order valence-electron chi connectivity index (χ1n) is 9.92. The van der Waals surface area contributed by atoms with E-state index in [1.165, 1.54) is 33.4 Å². The van der Waals surface area contributed by atoms with Gasteiger partial charge in [0.15, 0.2) is 0 Å². The van der Waals surface area contributed by atoms with Gasteiger partial charge >= 0.3 is 0 Å². The number of ether oxygens (including phenoxy) is 1. The minimum Gasteiger partial charge on any atom is -0.373 e. The highest BCUT2D eigenvalue weighted by molar-refractivity contribution is 5.70. The van der Waals surface area contributed by atoms with Gasteiger partial charge in [0, 0.05) is 0 Å². The first kappa shape index (κ1) is 19.9. The van der Waals surface area contributed by atoms with Gasteiger partial charge in [-0.3, -0.25) is 0 Å². The van der Waals surface area contributed by atoms with E-state index >= 15 is 0 Å². The van der Waals surface area contributed by atoms with Gasteiger partial charge in [-0.2, -0.15) is 0 Å². The molecule has 0 saturated heterocycles. The Bertz CT molecular complexity index is 885. The molecule has 0 N–H and O–H groups in total.